The molecule has 1 aromatic carbocycles. The van der Waals surface area contributed by atoms with Crippen molar-refractivity contribution in [2.24, 2.45) is 0 Å². The maximum atomic E-state index is 13.1. The molecule has 0 heterocycles. The maximum absolute atomic E-state index is 13.1. The SMILES string of the molecule is C=CC1(Oc2cc(C(=O)[O-])ccc2C(F)(F)F)CCCCC1. The molecular weight excluding hydrogens is 297 g/mol. The van der Waals surface area contributed by atoms with E-state index in [9.17, 15) is 23.1 Å². The van der Waals surface area contributed by atoms with Gasteiger partial charge < -0.3 is 14.6 Å². The summed E-state index contributed by atoms with van der Waals surface area (Å²) in [6.45, 7) is 3.67. The number of alkyl halides is 3. The van der Waals surface area contributed by atoms with E-state index in [1.54, 1.807) is 0 Å². The van der Waals surface area contributed by atoms with Crippen molar-refractivity contribution in [2.75, 3.05) is 0 Å². The van der Waals surface area contributed by atoms with Gasteiger partial charge in [-0.25, -0.2) is 0 Å². The molecule has 1 aliphatic carbocycles. The van der Waals surface area contributed by atoms with Crippen LogP contribution in [0.25, 0.3) is 0 Å². The highest BCUT2D eigenvalue weighted by molar-refractivity contribution is 5.86. The van der Waals surface area contributed by atoms with Gasteiger partial charge in [0.25, 0.3) is 0 Å². The van der Waals surface area contributed by atoms with Gasteiger partial charge in [-0.3, -0.25) is 0 Å². The molecule has 120 valence electrons. The van der Waals surface area contributed by atoms with Gasteiger partial charge in [0.15, 0.2) is 0 Å². The molecule has 6 heteroatoms. The molecule has 1 fully saturated rings. The van der Waals surface area contributed by atoms with Gasteiger partial charge in [0.05, 0.1) is 11.5 Å². The summed E-state index contributed by atoms with van der Waals surface area (Å²) < 4.78 is 44.9. The summed E-state index contributed by atoms with van der Waals surface area (Å²) in [4.78, 5) is 10.9. The standard InChI is InChI=1S/C16H17F3O3/c1-2-15(8-4-3-5-9-15)22-13-10-11(14(20)21)6-7-12(13)16(17,18)19/h2,6-7,10H,1,3-5,8-9H2,(H,20,21)/p-1. The molecule has 1 aliphatic rings. The topological polar surface area (TPSA) is 49.4 Å². The summed E-state index contributed by atoms with van der Waals surface area (Å²) in [5, 5.41) is 10.9. The lowest BCUT2D eigenvalue weighted by Crippen LogP contribution is -2.36. The minimum atomic E-state index is -4.63. The van der Waals surface area contributed by atoms with Gasteiger partial charge >= 0.3 is 6.18 Å². The molecule has 0 spiro atoms. The van der Waals surface area contributed by atoms with Crippen LogP contribution in [-0.4, -0.2) is 11.6 Å². The molecule has 3 nitrogen and oxygen atoms in total. The summed E-state index contributed by atoms with van der Waals surface area (Å²) >= 11 is 0. The molecule has 1 saturated carbocycles. The molecule has 0 bridgehead atoms. The van der Waals surface area contributed by atoms with Crippen LogP contribution in [0.1, 0.15) is 48.0 Å². The molecule has 0 saturated heterocycles. The molecule has 0 atom stereocenters. The van der Waals surface area contributed by atoms with E-state index in [1.807, 2.05) is 0 Å². The van der Waals surface area contributed by atoms with Gasteiger partial charge in [-0.2, -0.15) is 13.2 Å². The Labute approximate surface area is 126 Å². The molecule has 0 unspecified atom stereocenters. The van der Waals surface area contributed by atoms with Gasteiger partial charge in [0.2, 0.25) is 0 Å². The second-order valence-corrected chi connectivity index (χ2v) is 5.43. The number of carboxylic acids is 1. The van der Waals surface area contributed by atoms with Crippen molar-refractivity contribution in [1.29, 1.82) is 0 Å². The van der Waals surface area contributed by atoms with Crippen LogP contribution in [0.15, 0.2) is 30.9 Å². The highest BCUT2D eigenvalue weighted by atomic mass is 19.4. The van der Waals surface area contributed by atoms with E-state index in [2.05, 4.69) is 6.58 Å². The van der Waals surface area contributed by atoms with Gasteiger partial charge in [0, 0.05) is 5.56 Å². The van der Waals surface area contributed by atoms with E-state index in [1.165, 1.54) is 6.08 Å². The first-order valence-electron chi connectivity index (χ1n) is 7.03. The predicted molar refractivity (Wildman–Crippen MR) is 72.4 cm³/mol. The van der Waals surface area contributed by atoms with Crippen LogP contribution in [-0.2, 0) is 6.18 Å². The Hall–Kier alpha value is -1.98. The Kier molecular flexibility index (Phi) is 4.49. The van der Waals surface area contributed by atoms with Crippen molar-refractivity contribution in [2.45, 2.75) is 43.9 Å². The lowest BCUT2D eigenvalue weighted by Gasteiger charge is -2.36. The van der Waals surface area contributed by atoms with Crippen LogP contribution in [0.2, 0.25) is 0 Å². The number of halogens is 3. The Morgan fingerprint density at radius 1 is 1.27 bits per heavy atom. The average molecular weight is 313 g/mol. The van der Waals surface area contributed by atoms with Crippen molar-refractivity contribution in [3.63, 3.8) is 0 Å². The summed E-state index contributed by atoms with van der Waals surface area (Å²) in [6.07, 6.45) is 0.646. The van der Waals surface area contributed by atoms with Gasteiger partial charge in [-0.1, -0.05) is 19.1 Å². The number of carboxylic acid groups (broad SMARTS) is 1. The summed E-state index contributed by atoms with van der Waals surface area (Å²) in [5.74, 6) is -2.04. The largest absolute Gasteiger partial charge is 0.545 e. The third kappa shape index (κ3) is 3.43. The normalized spacial score (nSPS) is 17.8. The number of hydrogen-bond donors (Lipinski definition) is 0. The molecule has 0 amide bonds. The number of aromatic carboxylic acids is 1. The van der Waals surface area contributed by atoms with Crippen LogP contribution < -0.4 is 9.84 Å². The molecule has 0 N–H and O–H groups in total. The second kappa shape index (κ2) is 6.02. The molecule has 0 aliphatic heterocycles. The van der Waals surface area contributed by atoms with Crippen molar-refractivity contribution in [1.82, 2.24) is 0 Å². The van der Waals surface area contributed by atoms with E-state index in [4.69, 9.17) is 4.74 Å². The van der Waals surface area contributed by atoms with Crippen molar-refractivity contribution in [3.8, 4) is 5.75 Å². The molecule has 1 aromatic rings. The molecular formula is C16H16F3O3-. The monoisotopic (exact) mass is 313 g/mol. The van der Waals surface area contributed by atoms with Crippen LogP contribution in [0.4, 0.5) is 13.2 Å². The first kappa shape index (κ1) is 16.4. The fraction of sp³-hybridized carbons (Fsp3) is 0.438. The van der Waals surface area contributed by atoms with Crippen LogP contribution >= 0.6 is 0 Å². The van der Waals surface area contributed by atoms with E-state index < -0.39 is 29.1 Å². The van der Waals surface area contributed by atoms with E-state index >= 15 is 0 Å². The fourth-order valence-electron chi connectivity index (χ4n) is 2.69. The Balaban J connectivity index is 2.44. The number of carbonyl (C=O) groups excluding carboxylic acids is 1. The summed E-state index contributed by atoms with van der Waals surface area (Å²) in [5.41, 5.74) is -2.23. The van der Waals surface area contributed by atoms with Gasteiger partial charge in [0.1, 0.15) is 11.4 Å². The zero-order valence-electron chi connectivity index (χ0n) is 11.9. The molecule has 2 rings (SSSR count). The van der Waals surface area contributed by atoms with E-state index in [0.717, 1.165) is 31.4 Å². The Morgan fingerprint density at radius 3 is 2.41 bits per heavy atom. The van der Waals surface area contributed by atoms with Crippen LogP contribution in [0, 0.1) is 0 Å². The lowest BCUT2D eigenvalue weighted by molar-refractivity contribution is -0.255. The second-order valence-electron chi connectivity index (χ2n) is 5.43. The van der Waals surface area contributed by atoms with Crippen molar-refractivity contribution in [3.05, 3.63) is 42.0 Å². The van der Waals surface area contributed by atoms with Gasteiger partial charge in [-0.15, -0.1) is 0 Å². The minimum absolute atomic E-state index is 0.349. The number of benzene rings is 1. The molecule has 0 radical (unpaired) electrons. The summed E-state index contributed by atoms with van der Waals surface area (Å²) in [7, 11) is 0. The number of carbonyl (C=O) groups is 1. The predicted octanol–water partition coefficient (Wildman–Crippen LogP) is 3.34. The molecule has 22 heavy (non-hydrogen) atoms. The van der Waals surface area contributed by atoms with Crippen molar-refractivity contribution >= 4 is 5.97 Å². The quantitative estimate of drug-likeness (QED) is 0.801. The first-order valence-corrected chi connectivity index (χ1v) is 7.03. The van der Waals surface area contributed by atoms with Crippen molar-refractivity contribution < 1.29 is 27.8 Å². The highest BCUT2D eigenvalue weighted by Gasteiger charge is 2.38. The van der Waals surface area contributed by atoms with Crippen LogP contribution in [0.5, 0.6) is 5.75 Å². The Morgan fingerprint density at radius 2 is 1.91 bits per heavy atom. The Bertz CT molecular complexity index is 572. The van der Waals surface area contributed by atoms with Gasteiger partial charge in [-0.05, 0) is 43.9 Å². The zero-order chi connectivity index (χ0) is 16.4. The number of ether oxygens (including phenoxy) is 1. The third-order valence-corrected chi connectivity index (χ3v) is 3.91. The minimum Gasteiger partial charge on any atom is -0.545 e. The molecule has 0 aromatic heterocycles. The zero-order valence-corrected chi connectivity index (χ0v) is 11.9. The fourth-order valence-corrected chi connectivity index (χ4v) is 2.69. The maximum Gasteiger partial charge on any atom is 0.419 e. The number of hydrogen-bond acceptors (Lipinski definition) is 3. The first-order chi connectivity index (χ1) is 10.3. The lowest BCUT2D eigenvalue weighted by atomic mass is 9.84. The summed E-state index contributed by atoms with van der Waals surface area (Å²) in [6, 6.07) is 2.45. The smallest absolute Gasteiger partial charge is 0.419 e. The average Bonchev–Trinajstić information content (AvgIpc) is 2.47. The van der Waals surface area contributed by atoms with E-state index in [0.29, 0.717) is 18.9 Å². The van der Waals surface area contributed by atoms with Crippen LogP contribution in [0.3, 0.4) is 0 Å². The number of rotatable bonds is 4. The highest BCUT2D eigenvalue weighted by Crippen LogP contribution is 2.41. The third-order valence-electron chi connectivity index (χ3n) is 3.91. The van der Waals surface area contributed by atoms with E-state index in [-0.39, 0.29) is 5.56 Å².